The lowest BCUT2D eigenvalue weighted by Gasteiger charge is -2.42. The predicted octanol–water partition coefficient (Wildman–Crippen LogP) is 2.32. The Hall–Kier alpha value is -2.04. The van der Waals surface area contributed by atoms with Gasteiger partial charge in [0.15, 0.2) is 0 Å². The summed E-state index contributed by atoms with van der Waals surface area (Å²) in [6, 6.07) is 4.96. The minimum atomic E-state index is -0.996. The second kappa shape index (κ2) is 3.98. The number of para-hydroxylation sites is 1. The topological polar surface area (TPSA) is 75.1 Å². The van der Waals surface area contributed by atoms with Gasteiger partial charge in [0.2, 0.25) is 0 Å². The molecule has 2 aromatic rings. The third kappa shape index (κ3) is 1.54. The van der Waals surface area contributed by atoms with Crippen LogP contribution in [0.25, 0.3) is 11.0 Å². The molecule has 1 saturated carbocycles. The summed E-state index contributed by atoms with van der Waals surface area (Å²) in [7, 11) is 0. The molecule has 5 nitrogen and oxygen atoms in total. The average molecular weight is 260 g/mol. The van der Waals surface area contributed by atoms with E-state index in [1.165, 1.54) is 0 Å². The molecule has 1 heterocycles. The van der Waals surface area contributed by atoms with Crippen molar-refractivity contribution in [3.63, 3.8) is 0 Å². The smallest absolute Gasteiger partial charge is 0.337 e. The van der Waals surface area contributed by atoms with Gasteiger partial charge in [0, 0.05) is 5.54 Å². The molecule has 5 heteroatoms. The molecule has 1 aliphatic carbocycles. The van der Waals surface area contributed by atoms with E-state index in [1.807, 2.05) is 6.92 Å². The molecule has 0 amide bonds. The summed E-state index contributed by atoms with van der Waals surface area (Å²) in [5, 5.41) is 9.32. The summed E-state index contributed by atoms with van der Waals surface area (Å²) in [5.41, 5.74) is 0.910. The Labute approximate surface area is 109 Å². The largest absolute Gasteiger partial charge is 0.478 e. The van der Waals surface area contributed by atoms with Gasteiger partial charge in [-0.25, -0.2) is 9.59 Å². The lowest BCUT2D eigenvalue weighted by atomic mass is 9.74. The molecule has 1 aromatic carbocycles. The fourth-order valence-corrected chi connectivity index (χ4v) is 3.10. The SMILES string of the molecule is CCC1(n2c(=O)[nH]c3cccc(C(=O)O)c32)CCC1. The van der Waals surface area contributed by atoms with Crippen LogP contribution >= 0.6 is 0 Å². The number of aromatic carboxylic acids is 1. The molecule has 0 atom stereocenters. The highest BCUT2D eigenvalue weighted by molar-refractivity contribution is 6.01. The molecule has 19 heavy (non-hydrogen) atoms. The van der Waals surface area contributed by atoms with Crippen LogP contribution in [0.1, 0.15) is 43.0 Å². The molecule has 3 rings (SSSR count). The molecule has 0 aliphatic heterocycles. The van der Waals surface area contributed by atoms with Gasteiger partial charge >= 0.3 is 11.7 Å². The third-order valence-electron chi connectivity index (χ3n) is 4.35. The molecular formula is C14H16N2O3. The van der Waals surface area contributed by atoms with Crippen molar-refractivity contribution in [1.82, 2.24) is 9.55 Å². The number of carbonyl (C=O) groups is 1. The minimum Gasteiger partial charge on any atom is -0.478 e. The van der Waals surface area contributed by atoms with Gasteiger partial charge in [0.25, 0.3) is 0 Å². The van der Waals surface area contributed by atoms with Crippen molar-refractivity contribution >= 4 is 17.0 Å². The van der Waals surface area contributed by atoms with E-state index in [2.05, 4.69) is 4.98 Å². The maximum atomic E-state index is 12.2. The van der Waals surface area contributed by atoms with E-state index in [-0.39, 0.29) is 16.8 Å². The molecule has 0 spiro atoms. The fourth-order valence-electron chi connectivity index (χ4n) is 3.10. The molecule has 1 aromatic heterocycles. The number of hydrogen-bond donors (Lipinski definition) is 2. The number of carboxylic acid groups (broad SMARTS) is 1. The maximum Gasteiger partial charge on any atom is 0.337 e. The molecule has 1 fully saturated rings. The van der Waals surface area contributed by atoms with Crippen LogP contribution < -0.4 is 5.69 Å². The van der Waals surface area contributed by atoms with Crippen LogP contribution in [0, 0.1) is 0 Å². The predicted molar refractivity (Wildman–Crippen MR) is 71.6 cm³/mol. The maximum absolute atomic E-state index is 12.2. The van der Waals surface area contributed by atoms with Crippen LogP contribution in [0.5, 0.6) is 0 Å². The van der Waals surface area contributed by atoms with Crippen LogP contribution in [0.15, 0.2) is 23.0 Å². The van der Waals surface area contributed by atoms with E-state index in [1.54, 1.807) is 22.8 Å². The first-order valence-electron chi connectivity index (χ1n) is 6.56. The summed E-state index contributed by atoms with van der Waals surface area (Å²) in [6.45, 7) is 2.05. The van der Waals surface area contributed by atoms with Crippen molar-refractivity contribution in [2.24, 2.45) is 0 Å². The van der Waals surface area contributed by atoms with Gasteiger partial charge < -0.3 is 10.1 Å². The van der Waals surface area contributed by atoms with Gasteiger partial charge in [0.05, 0.1) is 16.6 Å². The summed E-state index contributed by atoms with van der Waals surface area (Å²) in [6.07, 6.45) is 3.80. The lowest BCUT2D eigenvalue weighted by molar-refractivity contribution is 0.0697. The molecule has 0 radical (unpaired) electrons. The number of hydrogen-bond acceptors (Lipinski definition) is 2. The van der Waals surface area contributed by atoms with E-state index in [4.69, 9.17) is 0 Å². The van der Waals surface area contributed by atoms with E-state index >= 15 is 0 Å². The number of rotatable bonds is 3. The summed E-state index contributed by atoms with van der Waals surface area (Å²) >= 11 is 0. The van der Waals surface area contributed by atoms with Gasteiger partial charge in [-0.1, -0.05) is 13.0 Å². The van der Waals surface area contributed by atoms with Crippen molar-refractivity contribution in [1.29, 1.82) is 0 Å². The quantitative estimate of drug-likeness (QED) is 0.889. The Morgan fingerprint density at radius 1 is 1.47 bits per heavy atom. The number of aromatic amines is 1. The molecular weight excluding hydrogens is 244 g/mol. The van der Waals surface area contributed by atoms with Gasteiger partial charge in [-0.3, -0.25) is 4.57 Å². The van der Waals surface area contributed by atoms with Crippen molar-refractivity contribution in [3.05, 3.63) is 34.2 Å². The number of nitrogens with zero attached hydrogens (tertiary/aromatic N) is 1. The Bertz CT molecular complexity index is 702. The van der Waals surface area contributed by atoms with Crippen molar-refractivity contribution in [2.45, 2.75) is 38.1 Å². The van der Waals surface area contributed by atoms with Gasteiger partial charge in [-0.15, -0.1) is 0 Å². The molecule has 2 N–H and O–H groups in total. The van der Waals surface area contributed by atoms with Crippen molar-refractivity contribution in [2.75, 3.05) is 0 Å². The standard InChI is InChI=1S/C14H16N2O3/c1-2-14(7-4-8-14)16-11-9(12(17)18)5-3-6-10(11)15-13(16)19/h3,5-6H,2,4,7-8H2,1H3,(H,15,19)(H,17,18). The Kier molecular flexibility index (Phi) is 2.52. The second-order valence-corrected chi connectivity index (χ2v) is 5.20. The fraction of sp³-hybridized carbons (Fsp3) is 0.429. The third-order valence-corrected chi connectivity index (χ3v) is 4.35. The normalized spacial score (nSPS) is 17.3. The number of nitrogens with one attached hydrogen (secondary N) is 1. The molecule has 0 bridgehead atoms. The zero-order valence-electron chi connectivity index (χ0n) is 10.8. The number of benzene rings is 1. The highest BCUT2D eigenvalue weighted by Crippen LogP contribution is 2.42. The number of carboxylic acids is 1. The number of fused-ring (bicyclic) bond motifs is 1. The van der Waals surface area contributed by atoms with Crippen LogP contribution in [0.4, 0.5) is 0 Å². The van der Waals surface area contributed by atoms with Crippen molar-refractivity contribution < 1.29 is 9.90 Å². The Balaban J connectivity index is 2.38. The van der Waals surface area contributed by atoms with E-state index in [0.29, 0.717) is 11.0 Å². The first-order valence-corrected chi connectivity index (χ1v) is 6.56. The first-order chi connectivity index (χ1) is 9.09. The zero-order chi connectivity index (χ0) is 13.6. The summed E-state index contributed by atoms with van der Waals surface area (Å²) in [5.74, 6) is -0.996. The summed E-state index contributed by atoms with van der Waals surface area (Å²) in [4.78, 5) is 26.4. The van der Waals surface area contributed by atoms with Gasteiger partial charge in [-0.05, 0) is 37.8 Å². The number of aromatic nitrogens is 2. The van der Waals surface area contributed by atoms with Gasteiger partial charge in [-0.2, -0.15) is 0 Å². The van der Waals surface area contributed by atoms with E-state index < -0.39 is 5.97 Å². The summed E-state index contributed by atoms with van der Waals surface area (Å²) < 4.78 is 1.68. The molecule has 0 saturated heterocycles. The van der Waals surface area contributed by atoms with Crippen LogP contribution in [-0.2, 0) is 5.54 Å². The number of imidazole rings is 1. The van der Waals surface area contributed by atoms with E-state index in [9.17, 15) is 14.7 Å². The van der Waals surface area contributed by atoms with Crippen LogP contribution in [0.2, 0.25) is 0 Å². The number of H-pyrrole nitrogens is 1. The Morgan fingerprint density at radius 3 is 2.74 bits per heavy atom. The monoisotopic (exact) mass is 260 g/mol. The zero-order valence-corrected chi connectivity index (χ0v) is 10.8. The van der Waals surface area contributed by atoms with Gasteiger partial charge in [0.1, 0.15) is 0 Å². The minimum absolute atomic E-state index is 0.190. The highest BCUT2D eigenvalue weighted by atomic mass is 16.4. The molecule has 0 unspecified atom stereocenters. The lowest BCUT2D eigenvalue weighted by Crippen LogP contribution is -2.45. The van der Waals surface area contributed by atoms with E-state index in [0.717, 1.165) is 25.7 Å². The van der Waals surface area contributed by atoms with Crippen LogP contribution in [0.3, 0.4) is 0 Å². The average Bonchev–Trinajstić information content (AvgIpc) is 2.66. The van der Waals surface area contributed by atoms with Crippen LogP contribution in [-0.4, -0.2) is 20.6 Å². The Morgan fingerprint density at radius 2 is 2.21 bits per heavy atom. The second-order valence-electron chi connectivity index (χ2n) is 5.20. The first kappa shape index (κ1) is 12.0. The molecule has 1 aliphatic rings. The molecule has 100 valence electrons. The highest BCUT2D eigenvalue weighted by Gasteiger charge is 2.40. The van der Waals surface area contributed by atoms with Crippen molar-refractivity contribution in [3.8, 4) is 0 Å².